The first-order valence-electron chi connectivity index (χ1n) is 6.91. The maximum atomic E-state index is 13.4. The van der Waals surface area contributed by atoms with Crippen LogP contribution in [-0.2, 0) is 0 Å². The van der Waals surface area contributed by atoms with Gasteiger partial charge in [0, 0.05) is 10.7 Å². The fraction of sp³-hybridized carbons (Fsp3) is 0.294. The Hall–Kier alpha value is -1.54. The maximum Gasteiger partial charge on any atom is 0.126 e. The third-order valence-corrected chi connectivity index (χ3v) is 3.93. The van der Waals surface area contributed by atoms with Crippen molar-refractivity contribution < 1.29 is 4.39 Å². The van der Waals surface area contributed by atoms with E-state index in [9.17, 15) is 4.39 Å². The molecule has 3 rings (SSSR count). The molecule has 0 amide bonds. The third-order valence-electron chi connectivity index (χ3n) is 3.71. The molecular formula is C17H17ClFN. The molecule has 1 fully saturated rings. The molecular weight excluding hydrogens is 273 g/mol. The molecule has 0 heterocycles. The maximum absolute atomic E-state index is 13.4. The molecule has 2 aromatic carbocycles. The van der Waals surface area contributed by atoms with Crippen molar-refractivity contribution in [3.63, 3.8) is 0 Å². The Morgan fingerprint density at radius 1 is 1.15 bits per heavy atom. The van der Waals surface area contributed by atoms with Crippen LogP contribution in [0.15, 0.2) is 42.5 Å². The standard InChI is InChI=1S/C17H17ClFN/c1-11-2-4-12(5-3-11)17(13-6-7-13)20-16-9-14(18)8-15(19)10-16/h2-5,8-10,13,17,20H,6-7H2,1H3. The second-order valence-electron chi connectivity index (χ2n) is 5.53. The van der Waals surface area contributed by atoms with Crippen LogP contribution in [0, 0.1) is 18.7 Å². The molecule has 1 aliphatic carbocycles. The van der Waals surface area contributed by atoms with Gasteiger partial charge in [-0.15, -0.1) is 0 Å². The summed E-state index contributed by atoms with van der Waals surface area (Å²) in [7, 11) is 0. The van der Waals surface area contributed by atoms with Crippen LogP contribution in [0.3, 0.4) is 0 Å². The van der Waals surface area contributed by atoms with Gasteiger partial charge in [-0.25, -0.2) is 4.39 Å². The summed E-state index contributed by atoms with van der Waals surface area (Å²) in [5.74, 6) is 0.318. The number of anilines is 1. The Morgan fingerprint density at radius 3 is 2.45 bits per heavy atom. The van der Waals surface area contributed by atoms with Crippen molar-refractivity contribution >= 4 is 17.3 Å². The smallest absolute Gasteiger partial charge is 0.126 e. The molecule has 1 aliphatic rings. The van der Waals surface area contributed by atoms with Crippen LogP contribution in [0.4, 0.5) is 10.1 Å². The van der Waals surface area contributed by atoms with Crippen molar-refractivity contribution in [2.45, 2.75) is 25.8 Å². The summed E-state index contributed by atoms with van der Waals surface area (Å²) in [4.78, 5) is 0. The molecule has 104 valence electrons. The Morgan fingerprint density at radius 2 is 1.85 bits per heavy atom. The third kappa shape index (κ3) is 3.13. The van der Waals surface area contributed by atoms with E-state index >= 15 is 0 Å². The number of benzene rings is 2. The van der Waals surface area contributed by atoms with E-state index in [2.05, 4.69) is 36.5 Å². The molecule has 1 saturated carbocycles. The number of aryl methyl sites for hydroxylation is 1. The van der Waals surface area contributed by atoms with E-state index in [4.69, 9.17) is 11.6 Å². The molecule has 1 unspecified atom stereocenters. The Kier molecular flexibility index (Phi) is 3.66. The molecule has 0 radical (unpaired) electrons. The minimum absolute atomic E-state index is 0.230. The number of halogens is 2. The minimum atomic E-state index is -0.307. The molecule has 3 heteroatoms. The van der Waals surface area contributed by atoms with Gasteiger partial charge in [0.2, 0.25) is 0 Å². The highest BCUT2D eigenvalue weighted by Gasteiger charge is 2.32. The molecule has 20 heavy (non-hydrogen) atoms. The summed E-state index contributed by atoms with van der Waals surface area (Å²) in [6, 6.07) is 13.3. The van der Waals surface area contributed by atoms with Crippen molar-refractivity contribution in [2.75, 3.05) is 5.32 Å². The van der Waals surface area contributed by atoms with Crippen molar-refractivity contribution in [3.05, 3.63) is 64.4 Å². The molecule has 0 saturated heterocycles. The Balaban J connectivity index is 1.86. The monoisotopic (exact) mass is 289 g/mol. The van der Waals surface area contributed by atoms with E-state index in [1.165, 1.54) is 36.1 Å². The van der Waals surface area contributed by atoms with Gasteiger partial charge in [-0.1, -0.05) is 41.4 Å². The lowest BCUT2D eigenvalue weighted by Crippen LogP contribution is -2.13. The zero-order valence-electron chi connectivity index (χ0n) is 11.4. The molecule has 2 aromatic rings. The van der Waals surface area contributed by atoms with Crippen molar-refractivity contribution in [1.29, 1.82) is 0 Å². The Bertz CT molecular complexity index is 585. The van der Waals surface area contributed by atoms with Crippen LogP contribution in [0.25, 0.3) is 0 Å². The summed E-state index contributed by atoms with van der Waals surface area (Å²) < 4.78 is 13.4. The number of nitrogens with one attached hydrogen (secondary N) is 1. The highest BCUT2D eigenvalue weighted by molar-refractivity contribution is 6.30. The van der Waals surface area contributed by atoms with Crippen LogP contribution in [0.1, 0.15) is 30.0 Å². The van der Waals surface area contributed by atoms with E-state index < -0.39 is 0 Å². The van der Waals surface area contributed by atoms with Gasteiger partial charge in [0.15, 0.2) is 0 Å². The zero-order chi connectivity index (χ0) is 14.1. The SMILES string of the molecule is Cc1ccc(C(Nc2cc(F)cc(Cl)c2)C2CC2)cc1. The van der Waals surface area contributed by atoms with E-state index in [1.54, 1.807) is 6.07 Å². The van der Waals surface area contributed by atoms with Gasteiger partial charge in [0.1, 0.15) is 5.82 Å². The average Bonchev–Trinajstić information content (AvgIpc) is 3.20. The predicted molar refractivity (Wildman–Crippen MR) is 81.7 cm³/mol. The van der Waals surface area contributed by atoms with E-state index in [0.717, 1.165) is 5.69 Å². The predicted octanol–water partition coefficient (Wildman–Crippen LogP) is 5.35. The van der Waals surface area contributed by atoms with Crippen LogP contribution < -0.4 is 5.32 Å². The fourth-order valence-electron chi connectivity index (χ4n) is 2.49. The number of hydrogen-bond donors (Lipinski definition) is 1. The Labute approximate surface area is 123 Å². The number of rotatable bonds is 4. The summed E-state index contributed by atoms with van der Waals surface area (Å²) in [5, 5.41) is 3.86. The van der Waals surface area contributed by atoms with Gasteiger partial charge in [0.05, 0.1) is 6.04 Å². The quantitative estimate of drug-likeness (QED) is 0.800. The fourth-order valence-corrected chi connectivity index (χ4v) is 2.72. The normalized spacial score (nSPS) is 15.9. The summed E-state index contributed by atoms with van der Waals surface area (Å²) in [6.45, 7) is 2.08. The molecule has 0 aromatic heterocycles. The summed E-state index contributed by atoms with van der Waals surface area (Å²) in [6.07, 6.45) is 2.43. The molecule has 1 N–H and O–H groups in total. The molecule has 1 atom stereocenters. The lowest BCUT2D eigenvalue weighted by Gasteiger charge is -2.20. The summed E-state index contributed by atoms with van der Waals surface area (Å²) >= 11 is 5.92. The van der Waals surface area contributed by atoms with Crippen LogP contribution in [-0.4, -0.2) is 0 Å². The lowest BCUT2D eigenvalue weighted by atomic mass is 10.0. The molecule has 0 aliphatic heterocycles. The second kappa shape index (κ2) is 5.45. The van der Waals surface area contributed by atoms with Crippen molar-refractivity contribution in [3.8, 4) is 0 Å². The zero-order valence-corrected chi connectivity index (χ0v) is 12.1. The van der Waals surface area contributed by atoms with E-state index in [1.807, 2.05) is 0 Å². The van der Waals surface area contributed by atoms with Crippen LogP contribution in [0.2, 0.25) is 5.02 Å². The largest absolute Gasteiger partial charge is 0.378 e. The van der Waals surface area contributed by atoms with E-state index in [0.29, 0.717) is 10.9 Å². The minimum Gasteiger partial charge on any atom is -0.378 e. The summed E-state index contributed by atoms with van der Waals surface area (Å²) in [5.41, 5.74) is 3.24. The molecule has 0 bridgehead atoms. The molecule has 0 spiro atoms. The topological polar surface area (TPSA) is 12.0 Å². The highest BCUT2D eigenvalue weighted by atomic mass is 35.5. The molecule has 1 nitrogen and oxygen atoms in total. The van der Waals surface area contributed by atoms with Gasteiger partial charge in [-0.2, -0.15) is 0 Å². The first-order valence-corrected chi connectivity index (χ1v) is 7.29. The van der Waals surface area contributed by atoms with Gasteiger partial charge in [-0.05, 0) is 49.4 Å². The second-order valence-corrected chi connectivity index (χ2v) is 5.96. The van der Waals surface area contributed by atoms with Gasteiger partial charge in [0.25, 0.3) is 0 Å². The van der Waals surface area contributed by atoms with Gasteiger partial charge < -0.3 is 5.32 Å². The van der Waals surface area contributed by atoms with Crippen molar-refractivity contribution in [1.82, 2.24) is 0 Å². The lowest BCUT2D eigenvalue weighted by molar-refractivity contribution is 0.626. The highest BCUT2D eigenvalue weighted by Crippen LogP contribution is 2.43. The van der Waals surface area contributed by atoms with E-state index in [-0.39, 0.29) is 11.9 Å². The first kappa shape index (κ1) is 13.4. The first-order chi connectivity index (χ1) is 9.61. The van der Waals surface area contributed by atoms with Crippen LogP contribution >= 0.6 is 11.6 Å². The average molecular weight is 290 g/mol. The van der Waals surface area contributed by atoms with Crippen molar-refractivity contribution in [2.24, 2.45) is 5.92 Å². The van der Waals surface area contributed by atoms with Gasteiger partial charge >= 0.3 is 0 Å². The van der Waals surface area contributed by atoms with Crippen LogP contribution in [0.5, 0.6) is 0 Å². The van der Waals surface area contributed by atoms with Gasteiger partial charge in [-0.3, -0.25) is 0 Å². The number of hydrogen-bond acceptors (Lipinski definition) is 1.